The SMILES string of the molecule is CCCCCC/C=C\CCCCCCCC(=O)OC(CO)COCCCCCCCCC. The molecule has 0 spiro atoms. The summed E-state index contributed by atoms with van der Waals surface area (Å²) in [6, 6.07) is 0. The van der Waals surface area contributed by atoms with Crippen LogP contribution in [0.25, 0.3) is 0 Å². The van der Waals surface area contributed by atoms with Crippen LogP contribution in [0.15, 0.2) is 12.2 Å². The van der Waals surface area contributed by atoms with Gasteiger partial charge in [-0.25, -0.2) is 0 Å². The van der Waals surface area contributed by atoms with Gasteiger partial charge in [-0.3, -0.25) is 4.79 Å². The van der Waals surface area contributed by atoms with E-state index in [0.29, 0.717) is 19.6 Å². The van der Waals surface area contributed by atoms with Crippen LogP contribution in [0, 0.1) is 0 Å². The summed E-state index contributed by atoms with van der Waals surface area (Å²) < 4.78 is 11.0. The van der Waals surface area contributed by atoms with E-state index in [4.69, 9.17) is 9.47 Å². The number of aliphatic hydroxyl groups is 1. The molecule has 0 aliphatic carbocycles. The first-order valence-corrected chi connectivity index (χ1v) is 13.8. The Morgan fingerprint density at radius 3 is 1.81 bits per heavy atom. The Balaban J connectivity index is 3.48. The van der Waals surface area contributed by atoms with Crippen LogP contribution >= 0.6 is 0 Å². The van der Waals surface area contributed by atoms with Crippen molar-refractivity contribution in [1.82, 2.24) is 0 Å². The van der Waals surface area contributed by atoms with E-state index in [1.165, 1.54) is 96.3 Å². The number of allylic oxidation sites excluding steroid dienone is 2. The lowest BCUT2D eigenvalue weighted by atomic mass is 10.1. The fourth-order valence-corrected chi connectivity index (χ4v) is 3.73. The van der Waals surface area contributed by atoms with Crippen LogP contribution in [0.1, 0.15) is 136 Å². The molecule has 0 heterocycles. The smallest absolute Gasteiger partial charge is 0.306 e. The van der Waals surface area contributed by atoms with Crippen LogP contribution in [0.4, 0.5) is 0 Å². The van der Waals surface area contributed by atoms with Gasteiger partial charge in [0.25, 0.3) is 0 Å². The average Bonchev–Trinajstić information content (AvgIpc) is 2.80. The van der Waals surface area contributed by atoms with Crippen LogP contribution in [-0.2, 0) is 14.3 Å². The summed E-state index contributed by atoms with van der Waals surface area (Å²) in [6.45, 7) is 5.28. The normalized spacial score (nSPS) is 12.5. The molecular weight excluding hydrogens is 400 g/mol. The van der Waals surface area contributed by atoms with Crippen molar-refractivity contribution in [2.75, 3.05) is 19.8 Å². The molecule has 0 aromatic heterocycles. The second-order valence-electron chi connectivity index (χ2n) is 9.12. The Labute approximate surface area is 199 Å². The monoisotopic (exact) mass is 454 g/mol. The lowest BCUT2D eigenvalue weighted by molar-refractivity contribution is -0.154. The van der Waals surface area contributed by atoms with Crippen LogP contribution in [-0.4, -0.2) is 37.0 Å². The van der Waals surface area contributed by atoms with E-state index in [0.717, 1.165) is 19.3 Å². The fourth-order valence-electron chi connectivity index (χ4n) is 3.73. The van der Waals surface area contributed by atoms with Gasteiger partial charge in [0.2, 0.25) is 0 Å². The Hall–Kier alpha value is -0.870. The van der Waals surface area contributed by atoms with E-state index < -0.39 is 6.10 Å². The maximum absolute atomic E-state index is 12.0. The minimum absolute atomic E-state index is 0.172. The number of ether oxygens (including phenoxy) is 2. The third-order valence-corrected chi connectivity index (χ3v) is 5.84. The van der Waals surface area contributed by atoms with Crippen molar-refractivity contribution in [3.8, 4) is 0 Å². The van der Waals surface area contributed by atoms with Gasteiger partial charge >= 0.3 is 5.97 Å². The molecule has 0 aromatic carbocycles. The largest absolute Gasteiger partial charge is 0.457 e. The molecule has 0 aliphatic rings. The van der Waals surface area contributed by atoms with E-state index in [-0.39, 0.29) is 12.6 Å². The Morgan fingerprint density at radius 1 is 0.719 bits per heavy atom. The topological polar surface area (TPSA) is 55.8 Å². The van der Waals surface area contributed by atoms with Crippen LogP contribution in [0.2, 0.25) is 0 Å². The van der Waals surface area contributed by atoms with Gasteiger partial charge in [0, 0.05) is 13.0 Å². The Kier molecular flexibility index (Phi) is 25.7. The van der Waals surface area contributed by atoms with E-state index in [2.05, 4.69) is 26.0 Å². The molecule has 190 valence electrons. The first-order valence-electron chi connectivity index (χ1n) is 13.8. The zero-order valence-corrected chi connectivity index (χ0v) is 21.5. The zero-order valence-electron chi connectivity index (χ0n) is 21.5. The molecule has 0 saturated carbocycles. The summed E-state index contributed by atoms with van der Waals surface area (Å²) in [5.74, 6) is -0.213. The van der Waals surface area contributed by atoms with E-state index in [1.54, 1.807) is 0 Å². The van der Waals surface area contributed by atoms with Gasteiger partial charge in [-0.2, -0.15) is 0 Å². The Morgan fingerprint density at radius 2 is 1.22 bits per heavy atom. The van der Waals surface area contributed by atoms with Gasteiger partial charge < -0.3 is 14.6 Å². The number of esters is 1. The minimum atomic E-state index is -0.527. The van der Waals surface area contributed by atoms with Crippen LogP contribution < -0.4 is 0 Å². The molecule has 0 amide bonds. The Bertz CT molecular complexity index is 408. The standard InChI is InChI=1S/C28H54O4/c1-3-5-7-9-11-12-13-14-15-16-17-19-21-23-28(30)32-27(25-29)26-31-24-22-20-18-10-8-6-4-2/h12-13,27,29H,3-11,14-26H2,1-2H3/b13-12-. The van der Waals surface area contributed by atoms with E-state index in [1.807, 2.05) is 0 Å². The van der Waals surface area contributed by atoms with Crippen molar-refractivity contribution in [1.29, 1.82) is 0 Å². The van der Waals surface area contributed by atoms with Crippen LogP contribution in [0.5, 0.6) is 0 Å². The van der Waals surface area contributed by atoms with Gasteiger partial charge in [-0.15, -0.1) is 0 Å². The first-order chi connectivity index (χ1) is 15.7. The molecule has 0 aromatic rings. The molecule has 1 N–H and O–H groups in total. The number of hydrogen-bond acceptors (Lipinski definition) is 4. The fraction of sp³-hybridized carbons (Fsp3) is 0.893. The number of unbranched alkanes of at least 4 members (excludes halogenated alkanes) is 15. The van der Waals surface area contributed by atoms with Crippen molar-refractivity contribution in [2.24, 2.45) is 0 Å². The maximum Gasteiger partial charge on any atom is 0.306 e. The molecule has 0 saturated heterocycles. The molecule has 0 fully saturated rings. The summed E-state index contributed by atoms with van der Waals surface area (Å²) in [5.41, 5.74) is 0. The van der Waals surface area contributed by atoms with Gasteiger partial charge in [0.1, 0.15) is 6.10 Å². The predicted molar refractivity (Wildman–Crippen MR) is 136 cm³/mol. The van der Waals surface area contributed by atoms with Gasteiger partial charge in [-0.1, -0.05) is 103 Å². The van der Waals surface area contributed by atoms with Gasteiger partial charge in [-0.05, 0) is 38.5 Å². The zero-order chi connectivity index (χ0) is 23.5. The number of carbonyl (C=O) groups is 1. The molecule has 0 rings (SSSR count). The third kappa shape index (κ3) is 23.8. The number of aliphatic hydroxyl groups excluding tert-OH is 1. The predicted octanol–water partition coefficient (Wildman–Crippen LogP) is 7.92. The molecule has 0 aliphatic heterocycles. The molecular formula is C28H54O4. The number of rotatable bonds is 25. The van der Waals surface area contributed by atoms with Crippen molar-refractivity contribution in [3.05, 3.63) is 12.2 Å². The first kappa shape index (κ1) is 31.1. The molecule has 4 heteroatoms. The number of carbonyl (C=O) groups excluding carboxylic acids is 1. The van der Waals surface area contributed by atoms with E-state index >= 15 is 0 Å². The molecule has 32 heavy (non-hydrogen) atoms. The summed E-state index contributed by atoms with van der Waals surface area (Å²) in [6.07, 6.45) is 26.6. The molecule has 0 radical (unpaired) electrons. The molecule has 4 nitrogen and oxygen atoms in total. The quantitative estimate of drug-likeness (QED) is 0.0864. The highest BCUT2D eigenvalue weighted by Gasteiger charge is 2.13. The maximum atomic E-state index is 12.0. The minimum Gasteiger partial charge on any atom is -0.457 e. The summed E-state index contributed by atoms with van der Waals surface area (Å²) in [5, 5.41) is 9.42. The number of hydrogen-bond donors (Lipinski definition) is 1. The summed E-state index contributed by atoms with van der Waals surface area (Å²) in [4.78, 5) is 12.0. The van der Waals surface area contributed by atoms with Crippen molar-refractivity contribution in [3.63, 3.8) is 0 Å². The average molecular weight is 455 g/mol. The molecule has 1 atom stereocenters. The van der Waals surface area contributed by atoms with Crippen molar-refractivity contribution < 1.29 is 19.4 Å². The molecule has 0 bridgehead atoms. The highest BCUT2D eigenvalue weighted by atomic mass is 16.6. The van der Waals surface area contributed by atoms with Crippen molar-refractivity contribution in [2.45, 2.75) is 142 Å². The molecule has 1 unspecified atom stereocenters. The second kappa shape index (κ2) is 26.4. The van der Waals surface area contributed by atoms with E-state index in [9.17, 15) is 9.90 Å². The lowest BCUT2D eigenvalue weighted by Crippen LogP contribution is -2.27. The highest BCUT2D eigenvalue weighted by molar-refractivity contribution is 5.69. The summed E-state index contributed by atoms with van der Waals surface area (Å²) >= 11 is 0. The van der Waals surface area contributed by atoms with Crippen LogP contribution in [0.3, 0.4) is 0 Å². The van der Waals surface area contributed by atoms with Gasteiger partial charge in [0.15, 0.2) is 0 Å². The third-order valence-electron chi connectivity index (χ3n) is 5.84. The lowest BCUT2D eigenvalue weighted by Gasteiger charge is -2.15. The van der Waals surface area contributed by atoms with Crippen molar-refractivity contribution >= 4 is 5.97 Å². The van der Waals surface area contributed by atoms with Gasteiger partial charge in [0.05, 0.1) is 13.2 Å². The summed E-state index contributed by atoms with van der Waals surface area (Å²) in [7, 11) is 0. The second-order valence-corrected chi connectivity index (χ2v) is 9.12. The highest BCUT2D eigenvalue weighted by Crippen LogP contribution is 2.10.